The molecule has 1 aliphatic heterocycles. The van der Waals surface area contributed by atoms with E-state index in [0.717, 1.165) is 0 Å². The summed E-state index contributed by atoms with van der Waals surface area (Å²) < 4.78 is 0.578. The molecule has 22 heavy (non-hydrogen) atoms. The normalized spacial score (nSPS) is 14.7. The Bertz CT molecular complexity index is 579. The second-order valence-electron chi connectivity index (χ2n) is 4.69. The van der Waals surface area contributed by atoms with Crippen molar-refractivity contribution >= 4 is 29.5 Å². The predicted molar refractivity (Wildman–Crippen MR) is 93.8 cm³/mol. The van der Waals surface area contributed by atoms with E-state index in [1.165, 1.54) is 23.5 Å². The molecule has 0 saturated carbocycles. The fraction of sp³-hybridized carbons (Fsp3) is 0.235. The van der Waals surface area contributed by atoms with Gasteiger partial charge in [0.2, 0.25) is 0 Å². The number of rotatable bonds is 2. The van der Waals surface area contributed by atoms with Gasteiger partial charge in [0.25, 0.3) is 0 Å². The maximum absolute atomic E-state index is 10.2. The summed E-state index contributed by atoms with van der Waals surface area (Å²) in [6, 6.07) is 15.9. The largest absolute Gasteiger partial charge is 0.508 e. The molecule has 1 saturated heterocycles. The van der Waals surface area contributed by atoms with Gasteiger partial charge in [0.1, 0.15) is 5.75 Å². The highest BCUT2D eigenvalue weighted by molar-refractivity contribution is 8.16. The molecule has 116 valence electrons. The summed E-state index contributed by atoms with van der Waals surface area (Å²) in [7, 11) is 0. The molecule has 1 heterocycles. The summed E-state index contributed by atoms with van der Waals surface area (Å²) in [5.74, 6) is 2.00. The SMILES string of the molecule is O=C(O)c1ccccc1.Oc1ccc(C2SCCCS2)cc1. The van der Waals surface area contributed by atoms with Crippen molar-refractivity contribution in [3.63, 3.8) is 0 Å². The number of aromatic carboxylic acids is 1. The number of thioether (sulfide) groups is 2. The van der Waals surface area contributed by atoms with Crippen molar-refractivity contribution in [1.29, 1.82) is 0 Å². The van der Waals surface area contributed by atoms with Gasteiger partial charge in [-0.15, -0.1) is 23.5 Å². The van der Waals surface area contributed by atoms with Crippen LogP contribution in [0.1, 0.15) is 26.9 Å². The Morgan fingerprint density at radius 3 is 2.05 bits per heavy atom. The predicted octanol–water partition coefficient (Wildman–Crippen LogP) is 4.65. The smallest absolute Gasteiger partial charge is 0.335 e. The monoisotopic (exact) mass is 334 g/mol. The second kappa shape index (κ2) is 8.76. The number of benzene rings is 2. The zero-order valence-electron chi connectivity index (χ0n) is 12.0. The standard InChI is InChI=1S/C10H12OS2.C7H6O2/c11-9-4-2-8(3-5-9)10-12-6-1-7-13-10;8-7(9)6-4-2-1-3-5-6/h2-5,10-11H,1,6-7H2;1-5H,(H,8,9). The molecular formula is C17H18O3S2. The van der Waals surface area contributed by atoms with Gasteiger partial charge < -0.3 is 10.2 Å². The number of carboxylic acid groups (broad SMARTS) is 1. The third kappa shape index (κ3) is 5.31. The van der Waals surface area contributed by atoms with Crippen molar-refractivity contribution in [2.45, 2.75) is 11.0 Å². The van der Waals surface area contributed by atoms with E-state index in [1.807, 2.05) is 35.7 Å². The lowest BCUT2D eigenvalue weighted by Gasteiger charge is -2.20. The summed E-state index contributed by atoms with van der Waals surface area (Å²) in [6.07, 6.45) is 1.32. The van der Waals surface area contributed by atoms with Gasteiger partial charge in [-0.1, -0.05) is 30.3 Å². The van der Waals surface area contributed by atoms with Crippen LogP contribution in [0.2, 0.25) is 0 Å². The van der Waals surface area contributed by atoms with Gasteiger partial charge in [-0.25, -0.2) is 4.79 Å². The van der Waals surface area contributed by atoms with Crippen molar-refractivity contribution < 1.29 is 15.0 Å². The van der Waals surface area contributed by atoms with Crippen molar-refractivity contribution in [3.05, 3.63) is 65.7 Å². The minimum absolute atomic E-state index is 0.331. The molecule has 0 unspecified atom stereocenters. The fourth-order valence-electron chi connectivity index (χ4n) is 1.89. The zero-order chi connectivity index (χ0) is 15.8. The van der Waals surface area contributed by atoms with E-state index in [9.17, 15) is 4.79 Å². The van der Waals surface area contributed by atoms with Crippen LogP contribution in [0.15, 0.2) is 54.6 Å². The number of hydrogen-bond acceptors (Lipinski definition) is 4. The molecule has 0 spiro atoms. The molecule has 3 rings (SSSR count). The Balaban J connectivity index is 0.000000172. The first-order valence-electron chi connectivity index (χ1n) is 6.97. The van der Waals surface area contributed by atoms with Crippen molar-refractivity contribution in [2.24, 2.45) is 0 Å². The van der Waals surface area contributed by atoms with Crippen LogP contribution in [0.4, 0.5) is 0 Å². The first kappa shape index (κ1) is 16.8. The minimum atomic E-state index is -0.879. The molecule has 0 bridgehead atoms. The molecule has 2 N–H and O–H groups in total. The van der Waals surface area contributed by atoms with Gasteiger partial charge in [0.05, 0.1) is 10.1 Å². The van der Waals surface area contributed by atoms with Gasteiger partial charge >= 0.3 is 5.97 Å². The molecule has 2 aromatic carbocycles. The number of carbonyl (C=O) groups is 1. The maximum Gasteiger partial charge on any atom is 0.335 e. The summed E-state index contributed by atoms with van der Waals surface area (Å²) in [6.45, 7) is 0. The molecule has 2 aromatic rings. The molecule has 5 heteroatoms. The van der Waals surface area contributed by atoms with Crippen molar-refractivity contribution in [2.75, 3.05) is 11.5 Å². The van der Waals surface area contributed by atoms with Crippen LogP contribution in [0, 0.1) is 0 Å². The number of carboxylic acids is 1. The molecular weight excluding hydrogens is 316 g/mol. The number of aromatic hydroxyl groups is 1. The topological polar surface area (TPSA) is 57.5 Å². The van der Waals surface area contributed by atoms with Gasteiger partial charge in [-0.2, -0.15) is 0 Å². The third-order valence-electron chi connectivity index (χ3n) is 3.01. The molecule has 0 aromatic heterocycles. The average molecular weight is 334 g/mol. The van der Waals surface area contributed by atoms with E-state index in [1.54, 1.807) is 42.5 Å². The Morgan fingerprint density at radius 1 is 0.955 bits per heavy atom. The molecule has 1 aliphatic rings. The first-order valence-corrected chi connectivity index (χ1v) is 9.07. The third-order valence-corrected chi connectivity index (χ3v) is 6.03. The highest BCUT2D eigenvalue weighted by Crippen LogP contribution is 2.43. The van der Waals surface area contributed by atoms with Gasteiger partial charge in [-0.05, 0) is 47.8 Å². The number of phenols is 1. The summed E-state index contributed by atoms with van der Waals surface area (Å²) >= 11 is 4.01. The lowest BCUT2D eigenvalue weighted by Crippen LogP contribution is -1.99. The van der Waals surface area contributed by atoms with Crippen molar-refractivity contribution in [3.8, 4) is 5.75 Å². The van der Waals surface area contributed by atoms with Gasteiger partial charge in [-0.3, -0.25) is 0 Å². The summed E-state index contributed by atoms with van der Waals surface area (Å²) in [4.78, 5) is 10.2. The average Bonchev–Trinajstić information content (AvgIpc) is 2.58. The van der Waals surface area contributed by atoms with E-state index in [-0.39, 0.29) is 0 Å². The van der Waals surface area contributed by atoms with Gasteiger partial charge in [0.15, 0.2) is 0 Å². The molecule has 0 aliphatic carbocycles. The zero-order valence-corrected chi connectivity index (χ0v) is 13.6. The van der Waals surface area contributed by atoms with Crippen LogP contribution < -0.4 is 0 Å². The number of hydrogen-bond donors (Lipinski definition) is 2. The van der Waals surface area contributed by atoms with E-state index < -0.39 is 5.97 Å². The van der Waals surface area contributed by atoms with E-state index in [2.05, 4.69) is 0 Å². The van der Waals surface area contributed by atoms with E-state index in [4.69, 9.17) is 10.2 Å². The molecule has 0 atom stereocenters. The van der Waals surface area contributed by atoms with Crippen LogP contribution in [-0.2, 0) is 0 Å². The summed E-state index contributed by atoms with van der Waals surface area (Å²) in [5, 5.41) is 17.5. The quantitative estimate of drug-likeness (QED) is 0.837. The Hall–Kier alpha value is -1.59. The molecule has 0 radical (unpaired) electrons. The Morgan fingerprint density at radius 2 is 1.55 bits per heavy atom. The van der Waals surface area contributed by atoms with Crippen LogP contribution in [-0.4, -0.2) is 27.7 Å². The minimum Gasteiger partial charge on any atom is -0.508 e. The second-order valence-corrected chi connectivity index (χ2v) is 7.41. The molecule has 0 amide bonds. The summed E-state index contributed by atoms with van der Waals surface area (Å²) in [5.41, 5.74) is 1.66. The molecule has 1 fully saturated rings. The number of phenolic OH excluding ortho intramolecular Hbond substituents is 1. The van der Waals surface area contributed by atoms with Crippen LogP contribution in [0.5, 0.6) is 5.75 Å². The lowest BCUT2D eigenvalue weighted by molar-refractivity contribution is 0.0697. The van der Waals surface area contributed by atoms with Crippen molar-refractivity contribution in [1.82, 2.24) is 0 Å². The van der Waals surface area contributed by atoms with Gasteiger partial charge in [0, 0.05) is 0 Å². The van der Waals surface area contributed by atoms with Crippen LogP contribution in [0.3, 0.4) is 0 Å². The highest BCUT2D eigenvalue weighted by atomic mass is 32.2. The Kier molecular flexibility index (Phi) is 6.68. The van der Waals surface area contributed by atoms with E-state index in [0.29, 0.717) is 15.9 Å². The molecule has 3 nitrogen and oxygen atoms in total. The first-order chi connectivity index (χ1) is 10.7. The highest BCUT2D eigenvalue weighted by Gasteiger charge is 2.15. The van der Waals surface area contributed by atoms with E-state index >= 15 is 0 Å². The van der Waals surface area contributed by atoms with Crippen LogP contribution >= 0.6 is 23.5 Å². The Labute approximate surface area is 138 Å². The maximum atomic E-state index is 10.2. The lowest BCUT2D eigenvalue weighted by atomic mass is 10.2. The van der Waals surface area contributed by atoms with Crippen LogP contribution in [0.25, 0.3) is 0 Å². The fourth-order valence-corrected chi connectivity index (χ4v) is 4.79.